The summed E-state index contributed by atoms with van der Waals surface area (Å²) in [5, 5.41) is 13.7. The fourth-order valence-corrected chi connectivity index (χ4v) is 2.52. The number of rotatable bonds is 4. The molecule has 0 radical (unpaired) electrons. The van der Waals surface area contributed by atoms with Crippen molar-refractivity contribution in [3.8, 4) is 5.88 Å². The first kappa shape index (κ1) is 11.4. The van der Waals surface area contributed by atoms with E-state index in [9.17, 15) is 5.11 Å². The molecule has 2 unspecified atom stereocenters. The van der Waals surface area contributed by atoms with Crippen molar-refractivity contribution in [3.63, 3.8) is 0 Å². The van der Waals surface area contributed by atoms with E-state index in [2.05, 4.69) is 5.10 Å². The van der Waals surface area contributed by atoms with Gasteiger partial charge in [0.25, 0.3) is 0 Å². The monoisotopic (exact) mass is 225 g/mol. The molecule has 5 nitrogen and oxygen atoms in total. The zero-order chi connectivity index (χ0) is 11.9. The second kappa shape index (κ2) is 3.75. The first-order valence-corrected chi connectivity index (χ1v) is 5.48. The molecule has 0 bridgehead atoms. The fourth-order valence-electron chi connectivity index (χ4n) is 2.52. The van der Waals surface area contributed by atoms with Crippen LogP contribution in [0.1, 0.15) is 23.6 Å². The number of aromatic nitrogens is 2. The van der Waals surface area contributed by atoms with Crippen LogP contribution in [0.5, 0.6) is 5.88 Å². The molecule has 2 rings (SSSR count). The lowest BCUT2D eigenvalue weighted by atomic mass is 10.0. The molecule has 90 valence electrons. The van der Waals surface area contributed by atoms with E-state index in [1.54, 1.807) is 11.8 Å². The molecule has 1 saturated carbocycles. The third-order valence-electron chi connectivity index (χ3n) is 3.67. The highest BCUT2D eigenvalue weighted by Crippen LogP contribution is 2.60. The Hall–Kier alpha value is -1.07. The Bertz CT molecular complexity index is 396. The second-order valence-corrected chi connectivity index (χ2v) is 4.61. The predicted molar refractivity (Wildman–Crippen MR) is 60.4 cm³/mol. The van der Waals surface area contributed by atoms with Crippen LogP contribution in [0.15, 0.2) is 0 Å². The molecule has 2 atom stereocenters. The minimum absolute atomic E-state index is 0.131. The fraction of sp³-hybridized carbons (Fsp3) is 0.727. The third kappa shape index (κ3) is 1.43. The minimum Gasteiger partial charge on any atom is -0.481 e. The predicted octanol–water partition coefficient (Wildman–Crippen LogP) is 0.162. The molecule has 0 aromatic carbocycles. The van der Waals surface area contributed by atoms with Gasteiger partial charge in [0.2, 0.25) is 5.88 Å². The van der Waals surface area contributed by atoms with Crippen LogP contribution < -0.4 is 10.5 Å². The maximum Gasteiger partial charge on any atom is 0.215 e. The number of hydrogen-bond donors (Lipinski definition) is 2. The first-order chi connectivity index (χ1) is 7.59. The van der Waals surface area contributed by atoms with Crippen molar-refractivity contribution in [1.82, 2.24) is 9.78 Å². The Morgan fingerprint density at radius 2 is 2.38 bits per heavy atom. The van der Waals surface area contributed by atoms with E-state index in [1.807, 2.05) is 14.0 Å². The van der Waals surface area contributed by atoms with Crippen LogP contribution in [0.2, 0.25) is 0 Å². The number of nitrogens with zero attached hydrogens (tertiary/aromatic N) is 2. The van der Waals surface area contributed by atoms with E-state index >= 15 is 0 Å². The summed E-state index contributed by atoms with van der Waals surface area (Å²) in [6, 6.07) is 0. The molecule has 1 aliphatic rings. The Labute approximate surface area is 95.2 Å². The summed E-state index contributed by atoms with van der Waals surface area (Å²) in [5.41, 5.74) is 7.64. The molecule has 16 heavy (non-hydrogen) atoms. The van der Waals surface area contributed by atoms with Gasteiger partial charge in [-0.3, -0.25) is 0 Å². The molecular weight excluding hydrogens is 206 g/mol. The van der Waals surface area contributed by atoms with Gasteiger partial charge in [0.1, 0.15) is 0 Å². The van der Waals surface area contributed by atoms with Crippen LogP contribution in [-0.4, -0.2) is 35.1 Å². The second-order valence-electron chi connectivity index (χ2n) is 4.61. The SMILES string of the molecule is COc1c(C2CC2(CN)CO)c(C)nn1C. The normalized spacial score (nSPS) is 28.2. The van der Waals surface area contributed by atoms with Crippen LogP contribution in [0.25, 0.3) is 0 Å². The summed E-state index contributed by atoms with van der Waals surface area (Å²) in [7, 11) is 3.51. The number of aliphatic hydroxyl groups excluding tert-OH is 1. The number of hydrogen-bond acceptors (Lipinski definition) is 4. The Morgan fingerprint density at radius 3 is 2.81 bits per heavy atom. The van der Waals surface area contributed by atoms with E-state index in [1.165, 1.54) is 0 Å². The van der Waals surface area contributed by atoms with Gasteiger partial charge < -0.3 is 15.6 Å². The molecule has 1 fully saturated rings. The van der Waals surface area contributed by atoms with Crippen LogP contribution in [0, 0.1) is 12.3 Å². The molecule has 0 amide bonds. The number of ether oxygens (including phenoxy) is 1. The van der Waals surface area contributed by atoms with Crippen LogP contribution in [0.4, 0.5) is 0 Å². The third-order valence-corrected chi connectivity index (χ3v) is 3.67. The smallest absolute Gasteiger partial charge is 0.215 e. The Balaban J connectivity index is 2.36. The van der Waals surface area contributed by atoms with Gasteiger partial charge in [0.15, 0.2) is 0 Å². The molecule has 1 aliphatic carbocycles. The van der Waals surface area contributed by atoms with Crippen molar-refractivity contribution in [3.05, 3.63) is 11.3 Å². The van der Waals surface area contributed by atoms with E-state index in [-0.39, 0.29) is 17.9 Å². The summed E-state index contributed by atoms with van der Waals surface area (Å²) < 4.78 is 7.10. The van der Waals surface area contributed by atoms with Crippen molar-refractivity contribution in [2.24, 2.45) is 18.2 Å². The van der Waals surface area contributed by atoms with Gasteiger partial charge in [0, 0.05) is 30.5 Å². The first-order valence-electron chi connectivity index (χ1n) is 5.48. The highest BCUT2D eigenvalue weighted by Gasteiger charge is 2.55. The lowest BCUT2D eigenvalue weighted by Crippen LogP contribution is -2.21. The number of nitrogens with two attached hydrogens (primary N) is 1. The quantitative estimate of drug-likeness (QED) is 0.765. The highest BCUT2D eigenvalue weighted by molar-refractivity contribution is 5.41. The van der Waals surface area contributed by atoms with Crippen molar-refractivity contribution < 1.29 is 9.84 Å². The highest BCUT2D eigenvalue weighted by atomic mass is 16.5. The average Bonchev–Trinajstić information content (AvgIpc) is 2.92. The molecule has 0 aliphatic heterocycles. The molecule has 1 aromatic rings. The van der Waals surface area contributed by atoms with Gasteiger partial charge in [-0.05, 0) is 13.3 Å². The largest absolute Gasteiger partial charge is 0.481 e. The van der Waals surface area contributed by atoms with Gasteiger partial charge in [-0.2, -0.15) is 5.10 Å². The van der Waals surface area contributed by atoms with Crippen molar-refractivity contribution in [1.29, 1.82) is 0 Å². The number of aliphatic hydroxyl groups is 1. The Morgan fingerprint density at radius 1 is 1.69 bits per heavy atom. The summed E-state index contributed by atoms with van der Waals surface area (Å²) >= 11 is 0. The van der Waals surface area contributed by atoms with E-state index in [0.29, 0.717) is 6.54 Å². The van der Waals surface area contributed by atoms with Gasteiger partial charge in [-0.15, -0.1) is 0 Å². The van der Waals surface area contributed by atoms with E-state index in [4.69, 9.17) is 10.5 Å². The number of aryl methyl sites for hydroxylation is 2. The minimum atomic E-state index is -0.152. The molecule has 5 heteroatoms. The maximum absolute atomic E-state index is 9.40. The van der Waals surface area contributed by atoms with Crippen molar-refractivity contribution in [2.45, 2.75) is 19.3 Å². The lowest BCUT2D eigenvalue weighted by Gasteiger charge is -2.11. The summed E-state index contributed by atoms with van der Waals surface area (Å²) in [5.74, 6) is 1.07. The van der Waals surface area contributed by atoms with Crippen molar-refractivity contribution >= 4 is 0 Å². The van der Waals surface area contributed by atoms with Crippen LogP contribution >= 0.6 is 0 Å². The molecule has 3 N–H and O–H groups in total. The topological polar surface area (TPSA) is 73.3 Å². The average molecular weight is 225 g/mol. The zero-order valence-electron chi connectivity index (χ0n) is 10.0. The molecular formula is C11H19N3O2. The number of methoxy groups -OCH3 is 1. The van der Waals surface area contributed by atoms with Gasteiger partial charge >= 0.3 is 0 Å². The standard InChI is InChI=1S/C11H19N3O2/c1-7-9(10(16-3)14(2)13-7)8-4-11(8,5-12)6-15/h8,15H,4-6,12H2,1-3H3. The van der Waals surface area contributed by atoms with Crippen LogP contribution in [-0.2, 0) is 7.05 Å². The van der Waals surface area contributed by atoms with Gasteiger partial charge in [0.05, 0.1) is 19.4 Å². The molecule has 0 saturated heterocycles. The maximum atomic E-state index is 9.40. The lowest BCUT2D eigenvalue weighted by molar-refractivity contribution is 0.211. The van der Waals surface area contributed by atoms with E-state index in [0.717, 1.165) is 23.6 Å². The molecule has 0 spiro atoms. The van der Waals surface area contributed by atoms with Gasteiger partial charge in [-0.25, -0.2) is 4.68 Å². The summed E-state index contributed by atoms with van der Waals surface area (Å²) in [6.45, 7) is 2.60. The zero-order valence-corrected chi connectivity index (χ0v) is 10.0. The van der Waals surface area contributed by atoms with Crippen molar-refractivity contribution in [2.75, 3.05) is 20.3 Å². The van der Waals surface area contributed by atoms with Gasteiger partial charge in [-0.1, -0.05) is 0 Å². The summed E-state index contributed by atoms with van der Waals surface area (Å²) in [6.07, 6.45) is 0.920. The van der Waals surface area contributed by atoms with Crippen LogP contribution in [0.3, 0.4) is 0 Å². The Kier molecular flexibility index (Phi) is 2.67. The molecule has 1 aromatic heterocycles. The molecule has 1 heterocycles. The summed E-state index contributed by atoms with van der Waals surface area (Å²) in [4.78, 5) is 0. The van der Waals surface area contributed by atoms with E-state index < -0.39 is 0 Å².